The van der Waals surface area contributed by atoms with E-state index in [0.717, 1.165) is 5.56 Å². The molecule has 1 amide bonds. The summed E-state index contributed by atoms with van der Waals surface area (Å²) in [6, 6.07) is 13.6. The smallest absolute Gasteiger partial charge is 0.255 e. The molecule has 2 aromatic rings. The van der Waals surface area contributed by atoms with E-state index < -0.39 is 11.9 Å². The zero-order valence-corrected chi connectivity index (χ0v) is 12.4. The lowest BCUT2D eigenvalue weighted by molar-refractivity contribution is 0.0944. The summed E-state index contributed by atoms with van der Waals surface area (Å²) in [6.45, 7) is 1.73. The number of carbonyl (C=O) groups is 1. The van der Waals surface area contributed by atoms with E-state index in [-0.39, 0.29) is 16.3 Å². The van der Waals surface area contributed by atoms with Gasteiger partial charge in [-0.25, -0.2) is 0 Å². The van der Waals surface area contributed by atoms with Crippen LogP contribution in [0.25, 0.3) is 0 Å². The van der Waals surface area contributed by atoms with E-state index in [2.05, 4.69) is 5.32 Å². The lowest BCUT2D eigenvalue weighted by Gasteiger charge is -2.18. The van der Waals surface area contributed by atoms with Gasteiger partial charge in [-0.05, 0) is 24.1 Å². The SMILES string of the molecule is Cc1cccc(C(=O)NC(C(N)=S)c2ccccc2)c1O. The monoisotopic (exact) mass is 300 g/mol. The maximum Gasteiger partial charge on any atom is 0.255 e. The lowest BCUT2D eigenvalue weighted by Crippen LogP contribution is -2.36. The quantitative estimate of drug-likeness (QED) is 0.758. The number of para-hydroxylation sites is 1. The van der Waals surface area contributed by atoms with Crippen LogP contribution in [0.2, 0.25) is 0 Å². The highest BCUT2D eigenvalue weighted by Crippen LogP contribution is 2.22. The molecule has 1 unspecified atom stereocenters. The van der Waals surface area contributed by atoms with E-state index in [1.54, 1.807) is 25.1 Å². The first-order chi connectivity index (χ1) is 10.0. The molecule has 0 aliphatic carbocycles. The second kappa shape index (κ2) is 6.37. The molecule has 0 bridgehead atoms. The van der Waals surface area contributed by atoms with Gasteiger partial charge in [0.15, 0.2) is 0 Å². The standard InChI is InChI=1S/C16H16N2O2S/c1-10-6-5-9-12(14(10)19)16(20)18-13(15(17)21)11-7-3-2-4-8-11/h2-9,13,19H,1H3,(H2,17,21)(H,18,20). The van der Waals surface area contributed by atoms with Crippen LogP contribution in [0, 0.1) is 6.92 Å². The van der Waals surface area contributed by atoms with Gasteiger partial charge in [0.05, 0.1) is 5.56 Å². The molecule has 21 heavy (non-hydrogen) atoms. The molecule has 0 aliphatic heterocycles. The summed E-state index contributed by atoms with van der Waals surface area (Å²) < 4.78 is 0. The highest BCUT2D eigenvalue weighted by Gasteiger charge is 2.20. The number of benzene rings is 2. The van der Waals surface area contributed by atoms with Crippen LogP contribution in [0.5, 0.6) is 5.75 Å². The molecule has 0 aliphatic rings. The first kappa shape index (κ1) is 15.0. The molecule has 108 valence electrons. The van der Waals surface area contributed by atoms with Crippen molar-refractivity contribution in [2.75, 3.05) is 0 Å². The van der Waals surface area contributed by atoms with Gasteiger partial charge in [-0.15, -0.1) is 0 Å². The highest BCUT2D eigenvalue weighted by molar-refractivity contribution is 7.80. The molecule has 0 spiro atoms. The van der Waals surface area contributed by atoms with Crippen LogP contribution in [-0.2, 0) is 0 Å². The number of nitrogens with one attached hydrogen (secondary N) is 1. The average molecular weight is 300 g/mol. The molecule has 1 atom stereocenters. The van der Waals surface area contributed by atoms with Gasteiger partial charge >= 0.3 is 0 Å². The first-order valence-electron chi connectivity index (χ1n) is 6.44. The Morgan fingerprint density at radius 2 is 1.86 bits per heavy atom. The number of rotatable bonds is 4. The first-order valence-corrected chi connectivity index (χ1v) is 6.85. The van der Waals surface area contributed by atoms with Crippen molar-refractivity contribution in [3.63, 3.8) is 0 Å². The molecule has 0 saturated carbocycles. The third kappa shape index (κ3) is 3.38. The Morgan fingerprint density at radius 1 is 1.19 bits per heavy atom. The maximum absolute atomic E-state index is 12.3. The summed E-state index contributed by atoms with van der Waals surface area (Å²) in [7, 11) is 0. The Balaban J connectivity index is 2.28. The zero-order chi connectivity index (χ0) is 15.4. The topological polar surface area (TPSA) is 75.4 Å². The number of thiocarbonyl (C=S) groups is 1. The van der Waals surface area contributed by atoms with Gasteiger partial charge < -0.3 is 16.2 Å². The summed E-state index contributed by atoms with van der Waals surface area (Å²) >= 11 is 5.03. The van der Waals surface area contributed by atoms with E-state index in [4.69, 9.17) is 18.0 Å². The Bertz CT molecular complexity index is 671. The summed E-state index contributed by atoms with van der Waals surface area (Å²) in [5.41, 5.74) is 7.35. The van der Waals surface area contributed by atoms with Gasteiger partial charge in [0.2, 0.25) is 0 Å². The number of carbonyl (C=O) groups excluding carboxylic acids is 1. The third-order valence-electron chi connectivity index (χ3n) is 3.18. The number of phenols is 1. The van der Waals surface area contributed by atoms with Crippen LogP contribution in [0.3, 0.4) is 0 Å². The van der Waals surface area contributed by atoms with E-state index in [0.29, 0.717) is 5.56 Å². The van der Waals surface area contributed by atoms with Crippen molar-refractivity contribution < 1.29 is 9.90 Å². The van der Waals surface area contributed by atoms with Gasteiger partial charge in [-0.3, -0.25) is 4.79 Å². The fraction of sp³-hybridized carbons (Fsp3) is 0.125. The lowest BCUT2D eigenvalue weighted by atomic mass is 10.1. The highest BCUT2D eigenvalue weighted by atomic mass is 32.1. The molecule has 4 N–H and O–H groups in total. The molecule has 5 heteroatoms. The predicted molar refractivity (Wildman–Crippen MR) is 86.3 cm³/mol. The van der Waals surface area contributed by atoms with Crippen molar-refractivity contribution in [3.05, 3.63) is 65.2 Å². The van der Waals surface area contributed by atoms with Crippen LogP contribution in [0.4, 0.5) is 0 Å². The predicted octanol–water partition coefficient (Wildman–Crippen LogP) is 2.46. The molecule has 0 radical (unpaired) electrons. The minimum absolute atomic E-state index is 0.0373. The van der Waals surface area contributed by atoms with Crippen molar-refractivity contribution in [2.45, 2.75) is 13.0 Å². The van der Waals surface area contributed by atoms with E-state index >= 15 is 0 Å². The van der Waals surface area contributed by atoms with Crippen molar-refractivity contribution in [2.24, 2.45) is 5.73 Å². The number of aromatic hydroxyl groups is 1. The van der Waals surface area contributed by atoms with E-state index in [1.165, 1.54) is 0 Å². The molecular formula is C16H16N2O2S. The van der Waals surface area contributed by atoms with Gasteiger partial charge in [-0.1, -0.05) is 54.7 Å². The molecule has 0 aromatic heterocycles. The Hall–Kier alpha value is -2.40. The number of phenolic OH excluding ortho intramolecular Hbond substituents is 1. The second-order valence-corrected chi connectivity index (χ2v) is 5.16. The van der Waals surface area contributed by atoms with Gasteiger partial charge in [-0.2, -0.15) is 0 Å². The Kier molecular flexibility index (Phi) is 4.55. The van der Waals surface area contributed by atoms with Crippen LogP contribution in [-0.4, -0.2) is 16.0 Å². The molecule has 0 saturated heterocycles. The molecule has 0 fully saturated rings. The largest absolute Gasteiger partial charge is 0.507 e. The Labute approximate surface area is 128 Å². The number of hydrogen-bond acceptors (Lipinski definition) is 3. The fourth-order valence-electron chi connectivity index (χ4n) is 2.02. The van der Waals surface area contributed by atoms with Gasteiger partial charge in [0, 0.05) is 0 Å². The van der Waals surface area contributed by atoms with Crippen LogP contribution in [0.15, 0.2) is 48.5 Å². The minimum atomic E-state index is -0.575. The van der Waals surface area contributed by atoms with Crippen LogP contribution < -0.4 is 11.1 Å². The molecule has 4 nitrogen and oxygen atoms in total. The average Bonchev–Trinajstić information content (AvgIpc) is 2.48. The van der Waals surface area contributed by atoms with Crippen molar-refractivity contribution in [3.8, 4) is 5.75 Å². The van der Waals surface area contributed by atoms with Crippen molar-refractivity contribution in [1.29, 1.82) is 0 Å². The Morgan fingerprint density at radius 3 is 2.48 bits per heavy atom. The molecular weight excluding hydrogens is 284 g/mol. The second-order valence-electron chi connectivity index (χ2n) is 4.69. The number of nitrogens with two attached hydrogens (primary N) is 1. The number of hydrogen-bond donors (Lipinski definition) is 3. The maximum atomic E-state index is 12.3. The van der Waals surface area contributed by atoms with Gasteiger partial charge in [0.25, 0.3) is 5.91 Å². The summed E-state index contributed by atoms with van der Waals surface area (Å²) in [5, 5.41) is 12.7. The van der Waals surface area contributed by atoms with Crippen LogP contribution >= 0.6 is 12.2 Å². The molecule has 0 heterocycles. The number of amides is 1. The summed E-state index contributed by atoms with van der Waals surface area (Å²) in [6.07, 6.45) is 0. The van der Waals surface area contributed by atoms with Crippen molar-refractivity contribution in [1.82, 2.24) is 5.32 Å². The summed E-state index contributed by atoms with van der Waals surface area (Å²) in [4.78, 5) is 12.5. The van der Waals surface area contributed by atoms with E-state index in [1.807, 2.05) is 30.3 Å². The minimum Gasteiger partial charge on any atom is -0.507 e. The fourth-order valence-corrected chi connectivity index (χ4v) is 2.21. The summed E-state index contributed by atoms with van der Waals surface area (Å²) in [5.74, 6) is -0.456. The number of aryl methyl sites for hydroxylation is 1. The van der Waals surface area contributed by atoms with Crippen molar-refractivity contribution >= 4 is 23.1 Å². The molecule has 2 rings (SSSR count). The van der Waals surface area contributed by atoms with Crippen LogP contribution in [0.1, 0.15) is 27.5 Å². The zero-order valence-electron chi connectivity index (χ0n) is 11.5. The normalized spacial score (nSPS) is 11.7. The van der Waals surface area contributed by atoms with E-state index in [9.17, 15) is 9.90 Å². The van der Waals surface area contributed by atoms with Gasteiger partial charge in [0.1, 0.15) is 16.8 Å². The molecule has 2 aromatic carbocycles. The third-order valence-corrected chi connectivity index (χ3v) is 3.41.